The van der Waals surface area contributed by atoms with Crippen LogP contribution in [0.1, 0.15) is 29.8 Å². The average molecular weight is 227 g/mol. The highest BCUT2D eigenvalue weighted by molar-refractivity contribution is 5.29. The Balaban J connectivity index is 2.29. The van der Waals surface area contributed by atoms with Crippen LogP contribution in [0.5, 0.6) is 0 Å². The molecule has 0 aliphatic rings. The number of nitrogens with zero attached hydrogens (tertiary/aromatic N) is 2. The Bertz CT molecular complexity index is 451. The zero-order valence-corrected chi connectivity index (χ0v) is 10.2. The van der Waals surface area contributed by atoms with Crippen molar-refractivity contribution in [3.8, 4) is 0 Å². The van der Waals surface area contributed by atoms with Crippen molar-refractivity contribution in [2.75, 3.05) is 7.05 Å². The van der Waals surface area contributed by atoms with Crippen molar-refractivity contribution in [2.45, 2.75) is 19.4 Å². The second kappa shape index (κ2) is 5.55. The first kappa shape index (κ1) is 11.7. The number of hydrogen-bond acceptors (Lipinski definition) is 3. The molecular weight excluding hydrogens is 210 g/mol. The molecule has 1 aromatic heterocycles. The van der Waals surface area contributed by atoms with E-state index in [0.717, 1.165) is 12.1 Å². The van der Waals surface area contributed by atoms with Gasteiger partial charge in [-0.25, -0.2) is 0 Å². The van der Waals surface area contributed by atoms with Gasteiger partial charge in [0.25, 0.3) is 0 Å². The molecule has 0 saturated heterocycles. The number of aromatic nitrogens is 2. The van der Waals surface area contributed by atoms with Crippen molar-refractivity contribution in [1.82, 2.24) is 15.3 Å². The maximum Gasteiger partial charge on any atom is 0.0801 e. The van der Waals surface area contributed by atoms with Crippen LogP contribution in [0.25, 0.3) is 0 Å². The highest BCUT2D eigenvalue weighted by atomic mass is 14.9. The van der Waals surface area contributed by atoms with E-state index in [2.05, 4.69) is 46.5 Å². The lowest BCUT2D eigenvalue weighted by Gasteiger charge is -2.15. The van der Waals surface area contributed by atoms with Gasteiger partial charge in [-0.05, 0) is 24.6 Å². The van der Waals surface area contributed by atoms with Crippen molar-refractivity contribution in [1.29, 1.82) is 0 Å². The summed E-state index contributed by atoms with van der Waals surface area (Å²) < 4.78 is 0. The predicted molar refractivity (Wildman–Crippen MR) is 68.8 cm³/mol. The summed E-state index contributed by atoms with van der Waals surface area (Å²) in [6.07, 6.45) is 6.28. The summed E-state index contributed by atoms with van der Waals surface area (Å²) in [6.45, 7) is 2.16. The van der Waals surface area contributed by atoms with Gasteiger partial charge in [0.05, 0.1) is 17.9 Å². The van der Waals surface area contributed by atoms with E-state index >= 15 is 0 Å². The molecule has 3 nitrogen and oxygen atoms in total. The number of hydrogen-bond donors (Lipinski definition) is 1. The molecule has 1 heterocycles. The monoisotopic (exact) mass is 227 g/mol. The molecule has 0 amide bonds. The molecule has 88 valence electrons. The fourth-order valence-electron chi connectivity index (χ4n) is 1.89. The first-order valence-electron chi connectivity index (χ1n) is 5.87. The third-order valence-corrected chi connectivity index (χ3v) is 2.89. The summed E-state index contributed by atoms with van der Waals surface area (Å²) in [4.78, 5) is 8.45. The number of rotatable bonds is 4. The molecule has 0 spiro atoms. The van der Waals surface area contributed by atoms with Crippen LogP contribution in [0, 0.1) is 0 Å². The van der Waals surface area contributed by atoms with E-state index in [1.165, 1.54) is 11.1 Å². The van der Waals surface area contributed by atoms with Crippen LogP contribution in [-0.4, -0.2) is 17.0 Å². The second-order valence-corrected chi connectivity index (χ2v) is 3.95. The zero-order chi connectivity index (χ0) is 12.1. The van der Waals surface area contributed by atoms with Gasteiger partial charge in [-0.3, -0.25) is 9.97 Å². The summed E-state index contributed by atoms with van der Waals surface area (Å²) >= 11 is 0. The summed E-state index contributed by atoms with van der Waals surface area (Å²) in [5, 5.41) is 3.27. The maximum absolute atomic E-state index is 4.34. The molecule has 0 aliphatic heterocycles. The lowest BCUT2D eigenvalue weighted by Crippen LogP contribution is -2.18. The van der Waals surface area contributed by atoms with Crippen LogP contribution in [0.4, 0.5) is 0 Å². The minimum absolute atomic E-state index is 0.106. The van der Waals surface area contributed by atoms with Gasteiger partial charge in [-0.2, -0.15) is 0 Å². The Kier molecular flexibility index (Phi) is 3.83. The lowest BCUT2D eigenvalue weighted by atomic mass is 10.0. The van der Waals surface area contributed by atoms with Gasteiger partial charge < -0.3 is 5.32 Å². The van der Waals surface area contributed by atoms with Crippen LogP contribution in [0.3, 0.4) is 0 Å². The predicted octanol–water partition coefficient (Wildman–Crippen LogP) is 2.35. The van der Waals surface area contributed by atoms with Crippen LogP contribution < -0.4 is 5.32 Å². The third kappa shape index (κ3) is 2.68. The molecule has 0 bridgehead atoms. The van der Waals surface area contributed by atoms with Crippen LogP contribution >= 0.6 is 0 Å². The van der Waals surface area contributed by atoms with Gasteiger partial charge in [0.2, 0.25) is 0 Å². The molecule has 1 atom stereocenters. The van der Waals surface area contributed by atoms with E-state index in [1.54, 1.807) is 18.6 Å². The van der Waals surface area contributed by atoms with Crippen molar-refractivity contribution in [3.63, 3.8) is 0 Å². The van der Waals surface area contributed by atoms with E-state index in [0.29, 0.717) is 0 Å². The van der Waals surface area contributed by atoms with E-state index < -0.39 is 0 Å². The summed E-state index contributed by atoms with van der Waals surface area (Å²) in [6, 6.07) is 8.73. The van der Waals surface area contributed by atoms with Gasteiger partial charge in [0.1, 0.15) is 0 Å². The van der Waals surface area contributed by atoms with Gasteiger partial charge >= 0.3 is 0 Å². The minimum atomic E-state index is 0.106. The van der Waals surface area contributed by atoms with Crippen molar-refractivity contribution < 1.29 is 0 Å². The smallest absolute Gasteiger partial charge is 0.0801 e. The standard InChI is InChI=1S/C14H17N3/c1-3-11-4-6-12(7-5-11)14(15-2)13-10-16-8-9-17-13/h4-10,14-15H,3H2,1-2H3. The highest BCUT2D eigenvalue weighted by Crippen LogP contribution is 2.19. The fraction of sp³-hybridized carbons (Fsp3) is 0.286. The van der Waals surface area contributed by atoms with E-state index in [1.807, 2.05) is 7.05 Å². The van der Waals surface area contributed by atoms with E-state index in [4.69, 9.17) is 0 Å². The van der Waals surface area contributed by atoms with Gasteiger partial charge in [-0.15, -0.1) is 0 Å². The summed E-state index contributed by atoms with van der Waals surface area (Å²) in [5.74, 6) is 0. The SMILES string of the molecule is CCc1ccc(C(NC)c2cnccn2)cc1. The Morgan fingerprint density at radius 2 is 1.94 bits per heavy atom. The topological polar surface area (TPSA) is 37.8 Å². The molecule has 1 aromatic carbocycles. The highest BCUT2D eigenvalue weighted by Gasteiger charge is 2.12. The molecule has 0 fully saturated rings. The van der Waals surface area contributed by atoms with Gasteiger partial charge in [0, 0.05) is 12.4 Å². The molecule has 0 saturated carbocycles. The van der Waals surface area contributed by atoms with E-state index in [-0.39, 0.29) is 6.04 Å². The average Bonchev–Trinajstić information content (AvgIpc) is 2.42. The first-order chi connectivity index (χ1) is 8.35. The molecule has 2 rings (SSSR count). The van der Waals surface area contributed by atoms with Crippen molar-refractivity contribution in [2.24, 2.45) is 0 Å². The molecule has 2 aromatic rings. The normalized spacial score (nSPS) is 12.4. The molecule has 1 unspecified atom stereocenters. The first-order valence-corrected chi connectivity index (χ1v) is 5.87. The maximum atomic E-state index is 4.34. The minimum Gasteiger partial charge on any atom is -0.308 e. The molecule has 1 N–H and O–H groups in total. The Morgan fingerprint density at radius 1 is 1.18 bits per heavy atom. The quantitative estimate of drug-likeness (QED) is 0.871. The Labute approximate surface area is 102 Å². The lowest BCUT2D eigenvalue weighted by molar-refractivity contribution is 0.666. The number of aryl methyl sites for hydroxylation is 1. The van der Waals surface area contributed by atoms with Crippen molar-refractivity contribution >= 4 is 0 Å². The largest absolute Gasteiger partial charge is 0.308 e. The Morgan fingerprint density at radius 3 is 2.47 bits per heavy atom. The third-order valence-electron chi connectivity index (χ3n) is 2.89. The molecule has 3 heteroatoms. The zero-order valence-electron chi connectivity index (χ0n) is 10.2. The second-order valence-electron chi connectivity index (χ2n) is 3.95. The number of nitrogens with one attached hydrogen (secondary N) is 1. The van der Waals surface area contributed by atoms with Crippen LogP contribution in [0.2, 0.25) is 0 Å². The molecule has 0 aliphatic carbocycles. The molecule has 17 heavy (non-hydrogen) atoms. The van der Waals surface area contributed by atoms with Gasteiger partial charge in [0.15, 0.2) is 0 Å². The van der Waals surface area contributed by atoms with E-state index in [9.17, 15) is 0 Å². The molecule has 0 radical (unpaired) electrons. The number of benzene rings is 1. The fourth-order valence-corrected chi connectivity index (χ4v) is 1.89. The van der Waals surface area contributed by atoms with Gasteiger partial charge in [-0.1, -0.05) is 31.2 Å². The van der Waals surface area contributed by atoms with Crippen molar-refractivity contribution in [3.05, 3.63) is 59.7 Å². The molecular formula is C14H17N3. The summed E-state index contributed by atoms with van der Waals surface area (Å²) in [5.41, 5.74) is 3.51. The van der Waals surface area contributed by atoms with Crippen LogP contribution in [-0.2, 0) is 6.42 Å². The van der Waals surface area contributed by atoms with Crippen LogP contribution in [0.15, 0.2) is 42.9 Å². The summed E-state index contributed by atoms with van der Waals surface area (Å²) in [7, 11) is 1.94. The Hall–Kier alpha value is -1.74.